The number of carbonyl (C=O) groups excluding carboxylic acids is 2. The number of urea groups is 1. The second kappa shape index (κ2) is 9.30. The molecule has 0 saturated carbocycles. The lowest BCUT2D eigenvalue weighted by Crippen LogP contribution is -2.39. The topological polar surface area (TPSA) is 80.1 Å². The number of thioether (sulfide) groups is 1. The highest BCUT2D eigenvalue weighted by Crippen LogP contribution is 2.33. The average molecular weight is 476 g/mol. The van der Waals surface area contributed by atoms with Gasteiger partial charge in [0.25, 0.3) is 0 Å². The van der Waals surface area contributed by atoms with Crippen LogP contribution in [-0.4, -0.2) is 49.9 Å². The highest BCUT2D eigenvalue weighted by Gasteiger charge is 2.31. The summed E-state index contributed by atoms with van der Waals surface area (Å²) < 4.78 is 1.92. The summed E-state index contributed by atoms with van der Waals surface area (Å²) in [5.41, 5.74) is 1.74. The predicted octanol–water partition coefficient (Wildman–Crippen LogP) is 4.33. The van der Waals surface area contributed by atoms with E-state index in [0.717, 1.165) is 5.56 Å². The predicted molar refractivity (Wildman–Crippen MR) is 121 cm³/mol. The largest absolute Gasteiger partial charge is 0.336 e. The molecule has 10 heteroatoms. The summed E-state index contributed by atoms with van der Waals surface area (Å²) in [7, 11) is 0. The molecular weight excluding hydrogens is 457 g/mol. The van der Waals surface area contributed by atoms with E-state index in [9.17, 15) is 9.59 Å². The van der Waals surface area contributed by atoms with Crippen molar-refractivity contribution >= 4 is 46.9 Å². The van der Waals surface area contributed by atoms with Crippen LogP contribution in [0.25, 0.3) is 11.4 Å². The van der Waals surface area contributed by atoms with E-state index in [-0.39, 0.29) is 11.9 Å². The Morgan fingerprint density at radius 1 is 1.19 bits per heavy atom. The minimum atomic E-state index is -0.517. The maximum Gasteiger partial charge on any atom is 0.324 e. The average Bonchev–Trinajstić information content (AvgIpc) is 3.35. The zero-order valence-electron chi connectivity index (χ0n) is 16.6. The first kappa shape index (κ1) is 21.7. The highest BCUT2D eigenvalue weighted by atomic mass is 35.5. The van der Waals surface area contributed by atoms with Gasteiger partial charge in [-0.1, -0.05) is 65.3 Å². The number of hydrogen-bond donors (Lipinski definition) is 1. The maximum atomic E-state index is 12.7. The van der Waals surface area contributed by atoms with Crippen LogP contribution in [0.1, 0.15) is 12.5 Å². The zero-order valence-corrected chi connectivity index (χ0v) is 18.9. The van der Waals surface area contributed by atoms with Gasteiger partial charge in [0.15, 0.2) is 11.0 Å². The van der Waals surface area contributed by atoms with Gasteiger partial charge in [0.1, 0.15) is 0 Å². The van der Waals surface area contributed by atoms with Gasteiger partial charge in [-0.05, 0) is 30.7 Å². The van der Waals surface area contributed by atoms with Gasteiger partial charge in [-0.2, -0.15) is 0 Å². The Labute approximate surface area is 193 Å². The molecule has 3 aromatic rings. The third-order valence-electron chi connectivity index (χ3n) is 4.83. The first-order valence-electron chi connectivity index (χ1n) is 9.62. The molecule has 1 saturated heterocycles. The lowest BCUT2D eigenvalue weighted by atomic mass is 10.2. The van der Waals surface area contributed by atoms with Gasteiger partial charge in [-0.25, -0.2) is 4.79 Å². The van der Waals surface area contributed by atoms with Crippen LogP contribution in [-0.2, 0) is 11.3 Å². The molecule has 1 N–H and O–H groups in total. The van der Waals surface area contributed by atoms with E-state index in [0.29, 0.717) is 46.2 Å². The number of aromatic nitrogens is 3. The normalized spacial score (nSPS) is 14.5. The van der Waals surface area contributed by atoms with Crippen LogP contribution < -0.4 is 5.32 Å². The van der Waals surface area contributed by atoms with Gasteiger partial charge in [-0.3, -0.25) is 14.3 Å². The van der Waals surface area contributed by atoms with Gasteiger partial charge in [0, 0.05) is 23.7 Å². The van der Waals surface area contributed by atoms with E-state index in [1.807, 2.05) is 34.9 Å². The number of halogens is 2. The van der Waals surface area contributed by atoms with Crippen molar-refractivity contribution in [3.8, 4) is 11.4 Å². The summed E-state index contributed by atoms with van der Waals surface area (Å²) in [6, 6.07) is 14.7. The van der Waals surface area contributed by atoms with Crippen molar-refractivity contribution in [2.24, 2.45) is 0 Å². The molecule has 0 radical (unpaired) electrons. The molecule has 0 aliphatic carbocycles. The monoisotopic (exact) mass is 475 g/mol. The van der Waals surface area contributed by atoms with E-state index in [1.54, 1.807) is 25.1 Å². The number of amides is 3. The van der Waals surface area contributed by atoms with Crippen LogP contribution in [0.5, 0.6) is 0 Å². The van der Waals surface area contributed by atoms with E-state index in [1.165, 1.54) is 16.7 Å². The summed E-state index contributed by atoms with van der Waals surface area (Å²) in [4.78, 5) is 25.8. The summed E-state index contributed by atoms with van der Waals surface area (Å²) in [5.74, 6) is 0.312. The van der Waals surface area contributed by atoms with Crippen LogP contribution in [0.3, 0.4) is 0 Å². The summed E-state index contributed by atoms with van der Waals surface area (Å²) in [5, 5.41) is 12.4. The second-order valence-electron chi connectivity index (χ2n) is 6.98. The molecule has 2 heterocycles. The van der Waals surface area contributed by atoms with E-state index < -0.39 is 5.25 Å². The Kier molecular flexibility index (Phi) is 6.50. The fraction of sp³-hybridized carbons (Fsp3) is 0.238. The van der Waals surface area contributed by atoms with Crippen molar-refractivity contribution in [3.05, 3.63) is 64.1 Å². The van der Waals surface area contributed by atoms with Gasteiger partial charge < -0.3 is 5.32 Å². The van der Waals surface area contributed by atoms with E-state index >= 15 is 0 Å². The van der Waals surface area contributed by atoms with Gasteiger partial charge in [0.2, 0.25) is 5.91 Å². The van der Waals surface area contributed by atoms with E-state index in [4.69, 9.17) is 23.2 Å². The Balaban J connectivity index is 1.67. The number of rotatable bonds is 6. The van der Waals surface area contributed by atoms with Crippen LogP contribution >= 0.6 is 35.0 Å². The number of carbonyl (C=O) groups is 2. The Morgan fingerprint density at radius 3 is 2.65 bits per heavy atom. The molecular formula is C21H19Cl2N5O2S. The third-order valence-corrected chi connectivity index (χ3v) is 6.44. The molecule has 1 fully saturated rings. The number of benzene rings is 2. The smallest absolute Gasteiger partial charge is 0.324 e. The van der Waals surface area contributed by atoms with Crippen LogP contribution in [0, 0.1) is 0 Å². The quantitative estimate of drug-likeness (QED) is 0.536. The van der Waals surface area contributed by atoms with Gasteiger partial charge in [0.05, 0.1) is 16.8 Å². The Morgan fingerprint density at radius 2 is 1.97 bits per heavy atom. The molecule has 7 nitrogen and oxygen atoms in total. The van der Waals surface area contributed by atoms with Crippen molar-refractivity contribution in [2.75, 3.05) is 13.1 Å². The molecule has 1 unspecified atom stereocenters. The number of nitrogens with one attached hydrogen (secondary N) is 1. The summed E-state index contributed by atoms with van der Waals surface area (Å²) in [6.45, 7) is 3.08. The fourth-order valence-corrected chi connectivity index (χ4v) is 4.67. The minimum absolute atomic E-state index is 0.264. The molecule has 1 atom stereocenters. The van der Waals surface area contributed by atoms with Gasteiger partial charge in [-0.15, -0.1) is 10.2 Å². The lowest BCUT2D eigenvalue weighted by Gasteiger charge is -2.18. The molecule has 4 rings (SSSR count). The first-order chi connectivity index (χ1) is 14.9. The summed E-state index contributed by atoms with van der Waals surface area (Å²) >= 11 is 13.7. The molecule has 1 aliphatic heterocycles. The molecule has 1 aliphatic rings. The standard InChI is InChI=1S/C21H19Cl2N5O2S/c1-13(19(29)27-10-9-24-20(27)30)31-21-26-25-18(16-8-7-15(22)11-17(16)23)28(21)12-14-5-3-2-4-6-14/h2-8,11,13H,9-10,12H2,1H3,(H,24,30). The number of nitrogens with zero attached hydrogens (tertiary/aromatic N) is 4. The number of hydrogen-bond acceptors (Lipinski definition) is 5. The van der Waals surface area contributed by atoms with Gasteiger partial charge >= 0.3 is 6.03 Å². The second-order valence-corrected chi connectivity index (χ2v) is 9.14. The van der Waals surface area contributed by atoms with Crippen molar-refractivity contribution in [1.29, 1.82) is 0 Å². The first-order valence-corrected chi connectivity index (χ1v) is 11.3. The highest BCUT2D eigenvalue weighted by molar-refractivity contribution is 8.00. The fourth-order valence-electron chi connectivity index (χ4n) is 3.26. The van der Waals surface area contributed by atoms with Crippen molar-refractivity contribution in [2.45, 2.75) is 23.9 Å². The van der Waals surface area contributed by atoms with Crippen LogP contribution in [0.2, 0.25) is 10.0 Å². The minimum Gasteiger partial charge on any atom is -0.336 e. The molecule has 0 bridgehead atoms. The molecule has 2 aromatic carbocycles. The molecule has 3 amide bonds. The van der Waals surface area contributed by atoms with Crippen molar-refractivity contribution < 1.29 is 9.59 Å². The Hall–Kier alpha value is -2.55. The maximum absolute atomic E-state index is 12.7. The summed E-state index contributed by atoms with van der Waals surface area (Å²) in [6.07, 6.45) is 0. The molecule has 160 valence electrons. The number of imide groups is 1. The third kappa shape index (κ3) is 4.71. The molecule has 1 aromatic heterocycles. The zero-order chi connectivity index (χ0) is 22.0. The van der Waals surface area contributed by atoms with Crippen molar-refractivity contribution in [1.82, 2.24) is 25.0 Å². The van der Waals surface area contributed by atoms with E-state index in [2.05, 4.69) is 15.5 Å². The van der Waals surface area contributed by atoms with Crippen LogP contribution in [0.4, 0.5) is 4.79 Å². The van der Waals surface area contributed by atoms with Crippen LogP contribution in [0.15, 0.2) is 53.7 Å². The molecule has 31 heavy (non-hydrogen) atoms. The molecule has 0 spiro atoms. The lowest BCUT2D eigenvalue weighted by molar-refractivity contribution is -0.126. The SMILES string of the molecule is CC(Sc1nnc(-c2ccc(Cl)cc2Cl)n1Cc1ccccc1)C(=O)N1CCNC1=O. The Bertz CT molecular complexity index is 1120. The van der Waals surface area contributed by atoms with Crippen molar-refractivity contribution in [3.63, 3.8) is 0 Å².